The van der Waals surface area contributed by atoms with Crippen molar-refractivity contribution in [2.45, 2.75) is 39.2 Å². The fourth-order valence-electron chi connectivity index (χ4n) is 3.33. The van der Waals surface area contributed by atoms with E-state index in [4.69, 9.17) is 4.74 Å². The van der Waals surface area contributed by atoms with Gasteiger partial charge in [0.25, 0.3) is 0 Å². The van der Waals surface area contributed by atoms with E-state index in [0.717, 1.165) is 24.0 Å². The first kappa shape index (κ1) is 10.8. The Bertz CT molecular complexity index is 472. The predicted molar refractivity (Wildman–Crippen MR) is 62.2 cm³/mol. The Labute approximate surface area is 101 Å². The summed E-state index contributed by atoms with van der Waals surface area (Å²) < 4.78 is 5.35. The molecule has 0 amide bonds. The Morgan fingerprint density at radius 2 is 2.18 bits per heavy atom. The molecule has 0 saturated heterocycles. The van der Waals surface area contributed by atoms with Crippen molar-refractivity contribution in [3.63, 3.8) is 0 Å². The summed E-state index contributed by atoms with van der Waals surface area (Å²) in [4.78, 5) is 23.6. The lowest BCUT2D eigenvalue weighted by Gasteiger charge is -2.43. The number of carbonyl (C=O) groups excluding carboxylic acids is 2. The van der Waals surface area contributed by atoms with Crippen LogP contribution in [0.15, 0.2) is 23.3 Å². The van der Waals surface area contributed by atoms with Gasteiger partial charge in [-0.05, 0) is 37.3 Å². The molecule has 3 heteroatoms. The van der Waals surface area contributed by atoms with Gasteiger partial charge in [-0.25, -0.2) is 4.79 Å². The van der Waals surface area contributed by atoms with E-state index >= 15 is 0 Å². The summed E-state index contributed by atoms with van der Waals surface area (Å²) in [6.45, 7) is 3.85. The number of carbonyl (C=O) groups is 2. The Balaban J connectivity index is 2.00. The number of hydrogen-bond donors (Lipinski definition) is 0. The molecule has 0 bridgehead atoms. The van der Waals surface area contributed by atoms with Crippen LogP contribution in [-0.4, -0.2) is 17.9 Å². The number of fused-ring (bicyclic) bond motifs is 2. The van der Waals surface area contributed by atoms with Crippen LogP contribution in [0.2, 0.25) is 0 Å². The average molecular weight is 232 g/mol. The van der Waals surface area contributed by atoms with Gasteiger partial charge in [0.1, 0.15) is 6.10 Å². The van der Waals surface area contributed by atoms with Crippen LogP contribution in [0.4, 0.5) is 0 Å². The van der Waals surface area contributed by atoms with Gasteiger partial charge in [-0.3, -0.25) is 4.79 Å². The number of hydrogen-bond acceptors (Lipinski definition) is 3. The van der Waals surface area contributed by atoms with Crippen molar-refractivity contribution in [1.29, 1.82) is 0 Å². The van der Waals surface area contributed by atoms with Gasteiger partial charge in [-0.1, -0.05) is 13.0 Å². The second kappa shape index (κ2) is 3.31. The molecule has 3 atom stereocenters. The van der Waals surface area contributed by atoms with E-state index in [1.54, 1.807) is 6.08 Å². The molecule has 0 aromatic heterocycles. The molecule has 0 spiro atoms. The minimum atomic E-state index is -0.339. The molecule has 1 heterocycles. The molecule has 3 unspecified atom stereocenters. The molecule has 2 aliphatic carbocycles. The van der Waals surface area contributed by atoms with Crippen LogP contribution in [0.3, 0.4) is 0 Å². The fraction of sp³-hybridized carbons (Fsp3) is 0.571. The first-order valence-electron chi connectivity index (χ1n) is 6.14. The van der Waals surface area contributed by atoms with E-state index in [9.17, 15) is 9.59 Å². The number of allylic oxidation sites excluding steroid dienone is 2. The Hall–Kier alpha value is -1.38. The van der Waals surface area contributed by atoms with E-state index in [1.165, 1.54) is 0 Å². The van der Waals surface area contributed by atoms with Crippen LogP contribution in [0.25, 0.3) is 0 Å². The molecule has 1 fully saturated rings. The third-order valence-corrected chi connectivity index (χ3v) is 4.66. The van der Waals surface area contributed by atoms with E-state index in [-0.39, 0.29) is 23.3 Å². The Kier molecular flexibility index (Phi) is 2.09. The Morgan fingerprint density at radius 3 is 2.94 bits per heavy atom. The maximum Gasteiger partial charge on any atom is 0.334 e. The van der Waals surface area contributed by atoms with Crippen LogP contribution in [0.1, 0.15) is 33.1 Å². The lowest BCUT2D eigenvalue weighted by molar-refractivity contribution is -0.144. The maximum absolute atomic E-state index is 12.1. The van der Waals surface area contributed by atoms with Gasteiger partial charge in [0, 0.05) is 17.4 Å². The molecule has 0 aromatic rings. The van der Waals surface area contributed by atoms with Gasteiger partial charge in [-0.15, -0.1) is 0 Å². The van der Waals surface area contributed by atoms with Crippen molar-refractivity contribution in [2.75, 3.05) is 0 Å². The van der Waals surface area contributed by atoms with Crippen molar-refractivity contribution in [1.82, 2.24) is 0 Å². The number of ether oxygens (including phenoxy) is 1. The topological polar surface area (TPSA) is 43.4 Å². The van der Waals surface area contributed by atoms with Crippen LogP contribution in [0.5, 0.6) is 0 Å². The molecule has 90 valence electrons. The molecule has 0 radical (unpaired) electrons. The highest BCUT2D eigenvalue weighted by molar-refractivity contribution is 5.97. The molecule has 3 nitrogen and oxygen atoms in total. The SMILES string of the molecule is CC1=C2CC3CC=CC(=O)C3(C)CC2OC1=O. The van der Waals surface area contributed by atoms with Crippen LogP contribution in [0, 0.1) is 11.3 Å². The first-order chi connectivity index (χ1) is 8.02. The quantitative estimate of drug-likeness (QED) is 0.601. The zero-order valence-electron chi connectivity index (χ0n) is 10.2. The van der Waals surface area contributed by atoms with E-state index in [2.05, 4.69) is 0 Å². The predicted octanol–water partition coefficient (Wildman–Crippen LogP) is 2.17. The monoisotopic (exact) mass is 232 g/mol. The van der Waals surface area contributed by atoms with Crippen molar-refractivity contribution >= 4 is 11.8 Å². The summed E-state index contributed by atoms with van der Waals surface area (Å²) in [5.41, 5.74) is 1.55. The molecule has 0 N–H and O–H groups in total. The molecule has 1 saturated carbocycles. The second-order valence-electron chi connectivity index (χ2n) is 5.57. The molecule has 1 aliphatic heterocycles. The Morgan fingerprint density at radius 1 is 1.41 bits per heavy atom. The maximum atomic E-state index is 12.1. The summed E-state index contributed by atoms with van der Waals surface area (Å²) in [5.74, 6) is 0.316. The fourth-order valence-corrected chi connectivity index (χ4v) is 3.33. The smallest absolute Gasteiger partial charge is 0.334 e. The highest BCUT2D eigenvalue weighted by atomic mass is 16.5. The summed E-state index contributed by atoms with van der Waals surface area (Å²) in [5, 5.41) is 0. The molecular weight excluding hydrogens is 216 g/mol. The average Bonchev–Trinajstić information content (AvgIpc) is 2.54. The second-order valence-corrected chi connectivity index (χ2v) is 5.57. The van der Waals surface area contributed by atoms with Crippen LogP contribution >= 0.6 is 0 Å². The minimum Gasteiger partial charge on any atom is -0.454 e. The number of ketones is 1. The summed E-state index contributed by atoms with van der Waals surface area (Å²) in [6.07, 6.45) is 5.91. The highest BCUT2D eigenvalue weighted by Crippen LogP contribution is 2.51. The zero-order valence-corrected chi connectivity index (χ0v) is 10.2. The number of esters is 1. The minimum absolute atomic E-state index is 0.154. The van der Waals surface area contributed by atoms with Gasteiger partial charge >= 0.3 is 5.97 Å². The third kappa shape index (κ3) is 1.34. The third-order valence-electron chi connectivity index (χ3n) is 4.66. The van der Waals surface area contributed by atoms with E-state index in [0.29, 0.717) is 12.3 Å². The lowest BCUT2D eigenvalue weighted by Crippen LogP contribution is -2.44. The lowest BCUT2D eigenvalue weighted by atomic mass is 9.60. The molecule has 0 aromatic carbocycles. The molecule has 3 rings (SSSR count). The van der Waals surface area contributed by atoms with Gasteiger partial charge in [0.05, 0.1) is 0 Å². The molecular formula is C14H16O3. The van der Waals surface area contributed by atoms with Crippen LogP contribution < -0.4 is 0 Å². The standard InChI is InChI=1S/C14H16O3/c1-8-10-6-9-4-3-5-12(15)14(9,2)7-11(10)17-13(8)16/h3,5,9,11H,4,6-7H2,1-2H3. The van der Waals surface area contributed by atoms with Crippen molar-refractivity contribution in [2.24, 2.45) is 11.3 Å². The van der Waals surface area contributed by atoms with Gasteiger partial charge in [-0.2, -0.15) is 0 Å². The van der Waals surface area contributed by atoms with Crippen molar-refractivity contribution < 1.29 is 14.3 Å². The first-order valence-corrected chi connectivity index (χ1v) is 6.14. The van der Waals surface area contributed by atoms with E-state index in [1.807, 2.05) is 19.9 Å². The molecule has 3 aliphatic rings. The van der Waals surface area contributed by atoms with Gasteiger partial charge in [0.15, 0.2) is 5.78 Å². The highest BCUT2D eigenvalue weighted by Gasteiger charge is 2.50. The van der Waals surface area contributed by atoms with E-state index < -0.39 is 0 Å². The van der Waals surface area contributed by atoms with Crippen molar-refractivity contribution in [3.05, 3.63) is 23.3 Å². The van der Waals surface area contributed by atoms with Gasteiger partial charge < -0.3 is 4.74 Å². The number of rotatable bonds is 0. The van der Waals surface area contributed by atoms with Crippen molar-refractivity contribution in [3.8, 4) is 0 Å². The zero-order chi connectivity index (χ0) is 12.2. The summed E-state index contributed by atoms with van der Waals surface area (Å²) >= 11 is 0. The van der Waals surface area contributed by atoms with Gasteiger partial charge in [0.2, 0.25) is 0 Å². The summed E-state index contributed by atoms with van der Waals surface area (Å²) in [7, 11) is 0. The largest absolute Gasteiger partial charge is 0.454 e. The summed E-state index contributed by atoms with van der Waals surface area (Å²) in [6, 6.07) is 0. The normalized spacial score (nSPS) is 40.1. The van der Waals surface area contributed by atoms with Crippen LogP contribution in [-0.2, 0) is 14.3 Å². The molecule has 17 heavy (non-hydrogen) atoms.